The average molecular weight is 451 g/mol. The quantitative estimate of drug-likeness (QED) is 0.511. The minimum absolute atomic E-state index is 0.0408. The van der Waals surface area contributed by atoms with E-state index in [9.17, 15) is 9.59 Å². The van der Waals surface area contributed by atoms with Gasteiger partial charge in [-0.2, -0.15) is 0 Å². The first kappa shape index (κ1) is 21.9. The van der Waals surface area contributed by atoms with Crippen LogP contribution in [0.4, 0.5) is 5.69 Å². The first-order valence-electron chi connectivity index (χ1n) is 10.6. The summed E-state index contributed by atoms with van der Waals surface area (Å²) in [4.78, 5) is 26.0. The average Bonchev–Trinajstić information content (AvgIpc) is 3.30. The second kappa shape index (κ2) is 10.3. The van der Waals surface area contributed by atoms with E-state index in [4.69, 9.17) is 0 Å². The van der Waals surface area contributed by atoms with Gasteiger partial charge in [0.05, 0.1) is 18.0 Å². The molecule has 32 heavy (non-hydrogen) atoms. The van der Waals surface area contributed by atoms with E-state index in [0.717, 1.165) is 29.9 Å². The second-order valence-corrected chi connectivity index (χ2v) is 8.41. The number of benzene rings is 2. The molecule has 4 rings (SSSR count). The number of amides is 2. The molecule has 0 aliphatic carbocycles. The van der Waals surface area contributed by atoms with Gasteiger partial charge in [-0.15, -0.1) is 10.2 Å². The zero-order valence-electron chi connectivity index (χ0n) is 18.0. The molecule has 0 spiro atoms. The highest BCUT2D eigenvalue weighted by Gasteiger charge is 2.16. The van der Waals surface area contributed by atoms with Crippen molar-refractivity contribution < 1.29 is 9.59 Å². The van der Waals surface area contributed by atoms with E-state index in [2.05, 4.69) is 33.8 Å². The van der Waals surface area contributed by atoms with Crippen LogP contribution in [0.2, 0.25) is 0 Å². The molecule has 0 unspecified atom stereocenters. The van der Waals surface area contributed by atoms with E-state index in [-0.39, 0.29) is 17.6 Å². The lowest BCUT2D eigenvalue weighted by molar-refractivity contribution is -0.120. The Morgan fingerprint density at radius 2 is 2.00 bits per heavy atom. The summed E-state index contributed by atoms with van der Waals surface area (Å²) in [5.74, 6) is 0.234. The van der Waals surface area contributed by atoms with Crippen LogP contribution in [0.15, 0.2) is 60.0 Å². The number of hydrogen-bond acceptors (Lipinski definition) is 6. The van der Waals surface area contributed by atoms with Gasteiger partial charge in [0.25, 0.3) is 0 Å². The van der Waals surface area contributed by atoms with Gasteiger partial charge in [0, 0.05) is 25.3 Å². The van der Waals surface area contributed by atoms with Crippen LogP contribution in [0.1, 0.15) is 18.1 Å². The predicted molar refractivity (Wildman–Crippen MR) is 125 cm³/mol. The number of aryl methyl sites for hydroxylation is 1. The molecule has 9 heteroatoms. The van der Waals surface area contributed by atoms with Crippen molar-refractivity contribution in [3.8, 4) is 5.69 Å². The van der Waals surface area contributed by atoms with Gasteiger partial charge in [-0.25, -0.2) is 0 Å². The van der Waals surface area contributed by atoms with Crippen LogP contribution in [0, 0.1) is 0 Å². The van der Waals surface area contributed by atoms with Crippen LogP contribution < -0.4 is 15.5 Å². The summed E-state index contributed by atoms with van der Waals surface area (Å²) in [5.41, 5.74) is 4.26. The van der Waals surface area contributed by atoms with Crippen molar-refractivity contribution in [2.75, 3.05) is 30.3 Å². The molecular formula is C23H26N6O2S. The molecule has 2 N–H and O–H groups in total. The van der Waals surface area contributed by atoms with Crippen LogP contribution >= 0.6 is 11.8 Å². The summed E-state index contributed by atoms with van der Waals surface area (Å²) < 4.78 is 1.93. The fourth-order valence-electron chi connectivity index (χ4n) is 3.60. The molecule has 1 aromatic heterocycles. The number of carbonyl (C=O) groups excluding carboxylic acids is 2. The fourth-order valence-corrected chi connectivity index (χ4v) is 4.35. The van der Waals surface area contributed by atoms with Crippen molar-refractivity contribution in [3.05, 3.63) is 66.0 Å². The topological polar surface area (TPSA) is 92.2 Å². The van der Waals surface area contributed by atoms with Gasteiger partial charge in [0.1, 0.15) is 6.33 Å². The largest absolute Gasteiger partial charge is 0.360 e. The Labute approximate surface area is 191 Å². The van der Waals surface area contributed by atoms with Crippen LogP contribution in [0.5, 0.6) is 0 Å². The van der Waals surface area contributed by atoms with E-state index in [1.165, 1.54) is 17.3 Å². The fraction of sp³-hybridized carbons (Fsp3) is 0.304. The first-order chi connectivity index (χ1) is 15.6. The molecule has 0 atom stereocenters. The van der Waals surface area contributed by atoms with Gasteiger partial charge >= 0.3 is 0 Å². The lowest BCUT2D eigenvalue weighted by atomic mass is 10.1. The summed E-state index contributed by atoms with van der Waals surface area (Å²) in [6.07, 6.45) is 2.59. The number of piperazine rings is 1. The molecule has 166 valence electrons. The molecule has 1 fully saturated rings. The number of anilines is 1. The SMILES string of the molecule is CCc1ccccc1-n1cnnc1SCC(=O)NCc1ccc(N2CCNC(=O)C2)cc1. The Kier molecular flexibility index (Phi) is 7.06. The van der Waals surface area contributed by atoms with E-state index in [1.807, 2.05) is 51.9 Å². The van der Waals surface area contributed by atoms with E-state index in [1.54, 1.807) is 6.33 Å². The third kappa shape index (κ3) is 5.28. The highest BCUT2D eigenvalue weighted by Crippen LogP contribution is 2.22. The smallest absolute Gasteiger partial charge is 0.239 e. The van der Waals surface area contributed by atoms with E-state index < -0.39 is 0 Å². The molecule has 1 aliphatic rings. The van der Waals surface area contributed by atoms with Crippen LogP contribution in [0.25, 0.3) is 5.69 Å². The Balaban J connectivity index is 1.29. The van der Waals surface area contributed by atoms with Crippen LogP contribution in [-0.4, -0.2) is 52.0 Å². The van der Waals surface area contributed by atoms with Gasteiger partial charge in [0.15, 0.2) is 5.16 Å². The lowest BCUT2D eigenvalue weighted by Gasteiger charge is -2.28. The van der Waals surface area contributed by atoms with Crippen molar-refractivity contribution >= 4 is 29.3 Å². The zero-order valence-corrected chi connectivity index (χ0v) is 18.8. The number of hydrogen-bond donors (Lipinski definition) is 2. The summed E-state index contributed by atoms with van der Waals surface area (Å²) >= 11 is 1.37. The number of rotatable bonds is 8. The first-order valence-corrected chi connectivity index (χ1v) is 11.6. The maximum absolute atomic E-state index is 12.4. The number of nitrogens with zero attached hydrogens (tertiary/aromatic N) is 4. The minimum Gasteiger partial charge on any atom is -0.360 e. The predicted octanol–water partition coefficient (Wildman–Crippen LogP) is 2.17. The molecule has 0 bridgehead atoms. The molecular weight excluding hydrogens is 424 g/mol. The molecule has 3 aromatic rings. The van der Waals surface area contributed by atoms with Crippen LogP contribution in [0.3, 0.4) is 0 Å². The van der Waals surface area contributed by atoms with E-state index in [0.29, 0.717) is 24.8 Å². The Bertz CT molecular complexity index is 1080. The molecule has 1 aliphatic heterocycles. The highest BCUT2D eigenvalue weighted by molar-refractivity contribution is 7.99. The number of para-hydroxylation sites is 1. The number of carbonyl (C=O) groups is 2. The Morgan fingerprint density at radius 1 is 1.19 bits per heavy atom. The third-order valence-electron chi connectivity index (χ3n) is 5.31. The molecule has 0 radical (unpaired) electrons. The minimum atomic E-state index is -0.0647. The molecule has 2 amide bonds. The van der Waals surface area contributed by atoms with Gasteiger partial charge in [-0.3, -0.25) is 14.2 Å². The standard InChI is InChI=1S/C23H26N6O2S/c1-2-18-5-3-4-6-20(18)29-16-26-27-23(29)32-15-22(31)25-13-17-7-9-19(10-8-17)28-12-11-24-21(30)14-28/h3-10,16H,2,11-15H2,1H3,(H,24,30)(H,25,31). The number of nitrogens with one attached hydrogen (secondary N) is 2. The maximum Gasteiger partial charge on any atom is 0.239 e. The van der Waals surface area contributed by atoms with Crippen LogP contribution in [-0.2, 0) is 22.6 Å². The van der Waals surface area contributed by atoms with Gasteiger partial charge < -0.3 is 15.5 Å². The second-order valence-electron chi connectivity index (χ2n) is 7.47. The summed E-state index contributed by atoms with van der Waals surface area (Å²) in [6.45, 7) is 4.39. The zero-order chi connectivity index (χ0) is 22.3. The normalized spacial score (nSPS) is 13.7. The van der Waals surface area contributed by atoms with Gasteiger partial charge in [0.2, 0.25) is 11.8 Å². The van der Waals surface area contributed by atoms with Crippen molar-refractivity contribution in [1.29, 1.82) is 0 Å². The lowest BCUT2D eigenvalue weighted by Crippen LogP contribution is -2.47. The molecule has 8 nitrogen and oxygen atoms in total. The van der Waals surface area contributed by atoms with Crippen molar-refractivity contribution in [2.45, 2.75) is 25.0 Å². The molecule has 2 heterocycles. The maximum atomic E-state index is 12.4. The third-order valence-corrected chi connectivity index (χ3v) is 6.25. The van der Waals surface area contributed by atoms with E-state index >= 15 is 0 Å². The Hall–Kier alpha value is -3.33. The summed E-state index contributed by atoms with van der Waals surface area (Å²) in [6, 6.07) is 16.1. The molecule has 2 aromatic carbocycles. The van der Waals surface area contributed by atoms with Crippen molar-refractivity contribution in [2.24, 2.45) is 0 Å². The molecule has 0 saturated carbocycles. The Morgan fingerprint density at radius 3 is 2.78 bits per heavy atom. The number of aromatic nitrogens is 3. The highest BCUT2D eigenvalue weighted by atomic mass is 32.2. The van der Waals surface area contributed by atoms with Crippen molar-refractivity contribution in [3.63, 3.8) is 0 Å². The monoisotopic (exact) mass is 450 g/mol. The summed E-state index contributed by atoms with van der Waals surface area (Å²) in [5, 5.41) is 14.7. The van der Waals surface area contributed by atoms with Gasteiger partial charge in [-0.1, -0.05) is 49.0 Å². The molecule has 1 saturated heterocycles. The number of thioether (sulfide) groups is 1. The van der Waals surface area contributed by atoms with Crippen molar-refractivity contribution in [1.82, 2.24) is 25.4 Å². The van der Waals surface area contributed by atoms with Gasteiger partial charge in [-0.05, 0) is 35.7 Å². The summed E-state index contributed by atoms with van der Waals surface area (Å²) in [7, 11) is 0.